The van der Waals surface area contributed by atoms with Crippen LogP contribution in [0.5, 0.6) is 5.75 Å². The quantitative estimate of drug-likeness (QED) is 0.827. The number of carbonyl (C=O) groups excluding carboxylic acids is 2. The molecule has 2 N–H and O–H groups in total. The second-order valence-electron chi connectivity index (χ2n) is 6.48. The number of nitrogens with zero attached hydrogens (tertiary/aromatic N) is 1. The minimum atomic E-state index is -0.202. The Morgan fingerprint density at radius 3 is 2.62 bits per heavy atom. The van der Waals surface area contributed by atoms with Gasteiger partial charge in [-0.25, -0.2) is 0 Å². The molecule has 0 atom stereocenters. The molecule has 2 amide bonds. The number of nitrogens with one attached hydrogen (secondary N) is 2. The van der Waals surface area contributed by atoms with Crippen molar-refractivity contribution in [2.45, 2.75) is 51.7 Å². The van der Waals surface area contributed by atoms with Gasteiger partial charge in [0, 0.05) is 24.7 Å². The van der Waals surface area contributed by atoms with Crippen molar-refractivity contribution in [3.05, 3.63) is 41.8 Å². The van der Waals surface area contributed by atoms with Gasteiger partial charge in [-0.3, -0.25) is 9.59 Å². The molecular weight excluding hydrogens is 334 g/mol. The van der Waals surface area contributed by atoms with Crippen molar-refractivity contribution < 1.29 is 18.8 Å². The summed E-state index contributed by atoms with van der Waals surface area (Å²) < 4.78 is 10.8. The van der Waals surface area contributed by atoms with Crippen molar-refractivity contribution in [2.75, 3.05) is 5.32 Å². The molecule has 0 bridgehead atoms. The van der Waals surface area contributed by atoms with Gasteiger partial charge >= 0.3 is 0 Å². The van der Waals surface area contributed by atoms with Crippen LogP contribution in [0.15, 0.2) is 34.9 Å². The van der Waals surface area contributed by atoms with E-state index in [4.69, 9.17) is 9.26 Å². The van der Waals surface area contributed by atoms with Crippen molar-refractivity contribution in [3.8, 4) is 5.75 Å². The van der Waals surface area contributed by atoms with E-state index in [9.17, 15) is 9.59 Å². The molecule has 1 heterocycles. The van der Waals surface area contributed by atoms with Crippen LogP contribution < -0.4 is 15.4 Å². The first kappa shape index (κ1) is 18.0. The van der Waals surface area contributed by atoms with Crippen LogP contribution in [0.3, 0.4) is 0 Å². The van der Waals surface area contributed by atoms with Gasteiger partial charge in [0.05, 0.1) is 0 Å². The second-order valence-corrected chi connectivity index (χ2v) is 6.48. The van der Waals surface area contributed by atoms with Crippen LogP contribution in [0, 0.1) is 0 Å². The lowest BCUT2D eigenvalue weighted by Gasteiger charge is -2.22. The maximum absolute atomic E-state index is 12.2. The first-order valence-electron chi connectivity index (χ1n) is 8.87. The van der Waals surface area contributed by atoms with Crippen LogP contribution in [0.2, 0.25) is 0 Å². The lowest BCUT2D eigenvalue weighted by atomic mass is 9.95. The highest BCUT2D eigenvalue weighted by molar-refractivity contribution is 5.92. The molecule has 1 aliphatic carbocycles. The highest BCUT2D eigenvalue weighted by Crippen LogP contribution is 2.19. The summed E-state index contributed by atoms with van der Waals surface area (Å²) in [6.45, 7) is 1.62. The van der Waals surface area contributed by atoms with Crippen LogP contribution in [-0.2, 0) is 11.4 Å². The van der Waals surface area contributed by atoms with Gasteiger partial charge in [-0.05, 0) is 37.1 Å². The average Bonchev–Trinajstić information content (AvgIpc) is 3.11. The Kier molecular flexibility index (Phi) is 5.88. The van der Waals surface area contributed by atoms with Gasteiger partial charge in [0.1, 0.15) is 12.4 Å². The number of hydrogen-bond donors (Lipinski definition) is 2. The number of hydrogen-bond acceptors (Lipinski definition) is 5. The zero-order valence-electron chi connectivity index (χ0n) is 14.8. The number of benzene rings is 1. The lowest BCUT2D eigenvalue weighted by molar-refractivity contribution is -0.114. The Hall–Kier alpha value is -2.83. The van der Waals surface area contributed by atoms with Gasteiger partial charge < -0.3 is 19.9 Å². The summed E-state index contributed by atoms with van der Waals surface area (Å²) >= 11 is 0. The minimum Gasteiger partial charge on any atom is -0.486 e. The van der Waals surface area contributed by atoms with Crippen LogP contribution >= 0.6 is 0 Å². The molecule has 0 aliphatic heterocycles. The largest absolute Gasteiger partial charge is 0.486 e. The lowest BCUT2D eigenvalue weighted by Crippen LogP contribution is -2.36. The van der Waals surface area contributed by atoms with Crippen LogP contribution in [0.25, 0.3) is 0 Å². The molecule has 0 spiro atoms. The molecular formula is C19H23N3O4. The summed E-state index contributed by atoms with van der Waals surface area (Å²) in [5, 5.41) is 9.52. The van der Waals surface area contributed by atoms with Gasteiger partial charge in [0.15, 0.2) is 11.5 Å². The molecule has 7 nitrogen and oxygen atoms in total. The van der Waals surface area contributed by atoms with Crippen LogP contribution in [0.4, 0.5) is 5.69 Å². The monoisotopic (exact) mass is 357 g/mol. The zero-order chi connectivity index (χ0) is 18.4. The summed E-state index contributed by atoms with van der Waals surface area (Å²) in [6.07, 6.45) is 5.60. The summed E-state index contributed by atoms with van der Waals surface area (Å²) in [5.74, 6) is 0.777. The van der Waals surface area contributed by atoms with Crippen molar-refractivity contribution in [1.29, 1.82) is 0 Å². The first-order valence-corrected chi connectivity index (χ1v) is 8.87. The van der Waals surface area contributed by atoms with Crippen molar-refractivity contribution in [1.82, 2.24) is 10.5 Å². The fourth-order valence-electron chi connectivity index (χ4n) is 2.99. The Morgan fingerprint density at radius 1 is 1.19 bits per heavy atom. The van der Waals surface area contributed by atoms with E-state index in [0.717, 1.165) is 25.7 Å². The van der Waals surface area contributed by atoms with E-state index in [0.29, 0.717) is 17.2 Å². The summed E-state index contributed by atoms with van der Waals surface area (Å²) in [4.78, 5) is 23.2. The number of carbonyl (C=O) groups is 2. The molecule has 1 aromatic carbocycles. The molecule has 3 rings (SSSR count). The molecule has 1 aromatic heterocycles. The maximum Gasteiger partial charge on any atom is 0.273 e. The number of aromatic nitrogens is 1. The highest BCUT2D eigenvalue weighted by atomic mass is 16.5. The third-order valence-corrected chi connectivity index (χ3v) is 4.29. The number of amides is 2. The van der Waals surface area contributed by atoms with Crippen molar-refractivity contribution >= 4 is 17.5 Å². The summed E-state index contributed by atoms with van der Waals surface area (Å²) in [6, 6.07) is 8.83. The molecule has 1 aliphatic rings. The van der Waals surface area contributed by atoms with E-state index in [1.165, 1.54) is 13.3 Å². The van der Waals surface area contributed by atoms with Gasteiger partial charge in [-0.15, -0.1) is 0 Å². The van der Waals surface area contributed by atoms with Gasteiger partial charge in [0.2, 0.25) is 5.91 Å². The van der Waals surface area contributed by atoms with Crippen LogP contribution in [-0.4, -0.2) is 23.0 Å². The molecule has 7 heteroatoms. The SMILES string of the molecule is CC(=O)Nc1ccc(OCc2cc(C(=O)NC3CCCCC3)no2)cc1. The molecule has 2 aromatic rings. The third kappa shape index (κ3) is 5.08. The predicted octanol–water partition coefficient (Wildman–Crippen LogP) is 3.27. The number of ether oxygens (including phenoxy) is 1. The van der Waals surface area contributed by atoms with E-state index in [2.05, 4.69) is 15.8 Å². The van der Waals surface area contributed by atoms with E-state index in [-0.39, 0.29) is 30.2 Å². The average molecular weight is 357 g/mol. The standard InChI is InChI=1S/C19H23N3O4/c1-13(23)20-15-7-9-16(10-8-15)25-12-17-11-18(22-26-17)19(24)21-14-5-3-2-4-6-14/h7-11,14H,2-6,12H2,1H3,(H,20,23)(H,21,24). The van der Waals surface area contributed by atoms with Crippen LogP contribution in [0.1, 0.15) is 55.3 Å². The molecule has 138 valence electrons. The molecule has 1 saturated carbocycles. The normalized spacial score (nSPS) is 14.7. The van der Waals surface area contributed by atoms with E-state index >= 15 is 0 Å². The maximum atomic E-state index is 12.2. The van der Waals surface area contributed by atoms with E-state index < -0.39 is 0 Å². The Morgan fingerprint density at radius 2 is 1.92 bits per heavy atom. The molecule has 0 radical (unpaired) electrons. The smallest absolute Gasteiger partial charge is 0.273 e. The van der Waals surface area contributed by atoms with Gasteiger partial charge in [-0.1, -0.05) is 24.4 Å². The Bertz CT molecular complexity index is 748. The first-order chi connectivity index (χ1) is 12.6. The minimum absolute atomic E-state index is 0.126. The fraction of sp³-hybridized carbons (Fsp3) is 0.421. The highest BCUT2D eigenvalue weighted by Gasteiger charge is 2.19. The van der Waals surface area contributed by atoms with Crippen molar-refractivity contribution in [2.24, 2.45) is 0 Å². The Balaban J connectivity index is 1.50. The Labute approximate surface area is 152 Å². The summed E-state index contributed by atoms with van der Waals surface area (Å²) in [7, 11) is 0. The molecule has 0 unspecified atom stereocenters. The molecule has 26 heavy (non-hydrogen) atoms. The van der Waals surface area contributed by atoms with Gasteiger partial charge in [0.25, 0.3) is 5.91 Å². The molecule has 1 fully saturated rings. The zero-order valence-corrected chi connectivity index (χ0v) is 14.8. The van der Waals surface area contributed by atoms with E-state index in [1.807, 2.05) is 0 Å². The number of rotatable bonds is 6. The van der Waals surface area contributed by atoms with Crippen molar-refractivity contribution in [3.63, 3.8) is 0 Å². The second kappa shape index (κ2) is 8.51. The summed E-state index contributed by atoms with van der Waals surface area (Å²) in [5.41, 5.74) is 0.973. The molecule has 0 saturated heterocycles. The fourth-order valence-corrected chi connectivity index (χ4v) is 2.99. The number of anilines is 1. The third-order valence-electron chi connectivity index (χ3n) is 4.29. The van der Waals surface area contributed by atoms with Gasteiger partial charge in [-0.2, -0.15) is 0 Å². The predicted molar refractivity (Wildman–Crippen MR) is 95.9 cm³/mol. The van der Waals surface area contributed by atoms with E-state index in [1.54, 1.807) is 30.3 Å². The topological polar surface area (TPSA) is 93.5 Å².